The van der Waals surface area contributed by atoms with E-state index in [1.54, 1.807) is 4.90 Å². The summed E-state index contributed by atoms with van der Waals surface area (Å²) in [6.07, 6.45) is 6.35. The van der Waals surface area contributed by atoms with Gasteiger partial charge in [0.05, 0.1) is 0 Å². The number of carbonyl (C=O) groups is 2. The molecule has 1 aliphatic carbocycles. The van der Waals surface area contributed by atoms with Gasteiger partial charge in [-0.15, -0.1) is 0 Å². The summed E-state index contributed by atoms with van der Waals surface area (Å²) < 4.78 is 28.2. The third-order valence-corrected chi connectivity index (χ3v) is 7.71. The summed E-state index contributed by atoms with van der Waals surface area (Å²) in [5.74, 6) is -0.948. The Balaban J connectivity index is 1.26. The van der Waals surface area contributed by atoms with Gasteiger partial charge in [-0.1, -0.05) is 37.6 Å². The minimum absolute atomic E-state index is 0.0864. The summed E-state index contributed by atoms with van der Waals surface area (Å²) in [4.78, 5) is 27.1. The van der Waals surface area contributed by atoms with Crippen molar-refractivity contribution in [1.82, 2.24) is 15.5 Å². The molecule has 1 saturated carbocycles. The zero-order valence-electron chi connectivity index (χ0n) is 19.8. The van der Waals surface area contributed by atoms with Crippen LogP contribution in [0.4, 0.5) is 8.78 Å². The first-order chi connectivity index (χ1) is 16.9. The van der Waals surface area contributed by atoms with Crippen molar-refractivity contribution in [3.05, 3.63) is 82.6 Å². The van der Waals surface area contributed by atoms with Gasteiger partial charge in [0.25, 0.3) is 5.91 Å². The van der Waals surface area contributed by atoms with E-state index in [1.165, 1.54) is 18.2 Å². The predicted molar refractivity (Wildman–Crippen MR) is 129 cm³/mol. The van der Waals surface area contributed by atoms with E-state index in [0.717, 1.165) is 43.2 Å². The van der Waals surface area contributed by atoms with Crippen LogP contribution in [0.25, 0.3) is 0 Å². The van der Waals surface area contributed by atoms with E-state index in [1.807, 2.05) is 12.1 Å². The van der Waals surface area contributed by atoms with Crippen molar-refractivity contribution in [2.75, 3.05) is 0 Å². The van der Waals surface area contributed by atoms with Crippen LogP contribution in [0.5, 0.6) is 0 Å². The van der Waals surface area contributed by atoms with E-state index in [0.29, 0.717) is 36.6 Å². The first kappa shape index (κ1) is 23.7. The van der Waals surface area contributed by atoms with Crippen LogP contribution in [0.15, 0.2) is 48.7 Å². The number of halogens is 2. The lowest BCUT2D eigenvalue weighted by molar-refractivity contribution is -0.126. The van der Waals surface area contributed by atoms with Crippen molar-refractivity contribution < 1.29 is 18.4 Å². The maximum atomic E-state index is 14.1. The van der Waals surface area contributed by atoms with Crippen LogP contribution in [-0.4, -0.2) is 28.8 Å². The standard InChI is InChI=1S/C28H31F2N3O2/c1-17-9-12-26(27(34)32-17)33-16-20-14-18(10-11-21(20)28(33)35)13-19-5-2-3-8-25(19)31-15-22-23(29)6-4-7-24(22)30/h4,6-7,10-11,14,19,25-26,31H,1-3,5,8-9,12-13,15-16H2,(H,32,34)/t19-,25+,26?/m1/s1. The molecular formula is C28H31F2N3O2. The summed E-state index contributed by atoms with van der Waals surface area (Å²) in [6, 6.07) is 9.66. The average molecular weight is 480 g/mol. The lowest BCUT2D eigenvalue weighted by Gasteiger charge is -2.33. The second kappa shape index (κ2) is 9.90. The van der Waals surface area contributed by atoms with Crippen molar-refractivity contribution in [1.29, 1.82) is 0 Å². The molecule has 0 aromatic heterocycles. The number of nitrogens with zero attached hydrogens (tertiary/aromatic N) is 1. The summed E-state index contributed by atoms with van der Waals surface area (Å²) in [5.41, 5.74) is 3.56. The number of fused-ring (bicyclic) bond motifs is 1. The monoisotopic (exact) mass is 479 g/mol. The number of rotatable bonds is 6. The number of allylic oxidation sites excluding steroid dienone is 1. The third kappa shape index (κ3) is 4.87. The second-order valence-corrected chi connectivity index (χ2v) is 10.0. The van der Waals surface area contributed by atoms with Crippen molar-refractivity contribution in [3.63, 3.8) is 0 Å². The van der Waals surface area contributed by atoms with Crippen LogP contribution in [0.3, 0.4) is 0 Å². The highest BCUT2D eigenvalue weighted by Gasteiger charge is 2.38. The van der Waals surface area contributed by atoms with E-state index in [4.69, 9.17) is 0 Å². The number of hydrogen-bond donors (Lipinski definition) is 2. The highest BCUT2D eigenvalue weighted by molar-refractivity contribution is 6.01. The number of hydrogen-bond acceptors (Lipinski definition) is 3. The van der Waals surface area contributed by atoms with Crippen molar-refractivity contribution in [3.8, 4) is 0 Å². The molecule has 5 nitrogen and oxygen atoms in total. The molecule has 2 amide bonds. The Hall–Kier alpha value is -3.06. The van der Waals surface area contributed by atoms with Gasteiger partial charge in [0.2, 0.25) is 5.91 Å². The van der Waals surface area contributed by atoms with Crippen molar-refractivity contribution in [2.24, 2.45) is 5.92 Å². The van der Waals surface area contributed by atoms with E-state index in [2.05, 4.69) is 23.3 Å². The molecule has 2 heterocycles. The van der Waals surface area contributed by atoms with E-state index < -0.39 is 17.7 Å². The first-order valence-corrected chi connectivity index (χ1v) is 12.5. The summed E-state index contributed by atoms with van der Waals surface area (Å²) >= 11 is 0. The van der Waals surface area contributed by atoms with Gasteiger partial charge in [0.1, 0.15) is 17.7 Å². The maximum Gasteiger partial charge on any atom is 0.255 e. The van der Waals surface area contributed by atoms with Gasteiger partial charge in [-0.2, -0.15) is 0 Å². The Morgan fingerprint density at radius 2 is 1.83 bits per heavy atom. The summed E-state index contributed by atoms with van der Waals surface area (Å²) in [5, 5.41) is 6.19. The molecule has 0 bridgehead atoms. The topological polar surface area (TPSA) is 61.4 Å². The molecule has 2 aliphatic heterocycles. The highest BCUT2D eigenvalue weighted by Crippen LogP contribution is 2.32. The Labute approximate surface area is 204 Å². The van der Waals surface area contributed by atoms with Gasteiger partial charge in [-0.05, 0) is 67.3 Å². The fourth-order valence-corrected chi connectivity index (χ4v) is 5.79. The number of benzene rings is 2. The predicted octanol–water partition coefficient (Wildman–Crippen LogP) is 4.60. The SMILES string of the molecule is C=C1CCC(N2Cc3cc(C[C@H]4CCCC[C@@H]4NCc4c(F)cccc4F)ccc3C2=O)C(=O)N1. The van der Waals surface area contributed by atoms with Crippen molar-refractivity contribution >= 4 is 11.8 Å². The van der Waals surface area contributed by atoms with Crippen LogP contribution < -0.4 is 10.6 Å². The third-order valence-electron chi connectivity index (χ3n) is 7.71. The minimum atomic E-state index is -0.520. The van der Waals surface area contributed by atoms with Gasteiger partial charge in [-0.25, -0.2) is 8.78 Å². The largest absolute Gasteiger partial charge is 0.329 e. The van der Waals surface area contributed by atoms with E-state index in [-0.39, 0.29) is 30.0 Å². The Morgan fingerprint density at radius 1 is 1.06 bits per heavy atom. The quantitative estimate of drug-likeness (QED) is 0.637. The Morgan fingerprint density at radius 3 is 2.60 bits per heavy atom. The molecule has 5 rings (SSSR count). The van der Waals surface area contributed by atoms with Crippen molar-refractivity contribution in [2.45, 2.75) is 70.1 Å². The second-order valence-electron chi connectivity index (χ2n) is 10.0. The molecule has 7 heteroatoms. The molecular weight excluding hydrogens is 448 g/mol. The molecule has 2 aromatic carbocycles. The minimum Gasteiger partial charge on any atom is -0.329 e. The van der Waals surface area contributed by atoms with Crippen LogP contribution in [-0.2, 0) is 24.3 Å². The fourth-order valence-electron chi connectivity index (χ4n) is 5.79. The van der Waals surface area contributed by atoms with Gasteiger partial charge in [-0.3, -0.25) is 9.59 Å². The van der Waals surface area contributed by atoms with Gasteiger partial charge >= 0.3 is 0 Å². The van der Waals surface area contributed by atoms with Crippen LogP contribution in [0.1, 0.15) is 65.6 Å². The Kier molecular flexibility index (Phi) is 6.69. The summed E-state index contributed by atoms with van der Waals surface area (Å²) in [6.45, 7) is 4.42. The number of piperidine rings is 1. The molecule has 3 aliphatic rings. The molecule has 3 atom stereocenters. The van der Waals surface area contributed by atoms with Crippen LogP contribution in [0.2, 0.25) is 0 Å². The maximum absolute atomic E-state index is 14.1. The first-order valence-electron chi connectivity index (χ1n) is 12.5. The smallest absolute Gasteiger partial charge is 0.255 e. The molecule has 1 unspecified atom stereocenters. The summed E-state index contributed by atoms with van der Waals surface area (Å²) in [7, 11) is 0. The lowest BCUT2D eigenvalue weighted by atomic mass is 9.80. The number of amides is 2. The Bertz CT molecular complexity index is 1140. The van der Waals surface area contributed by atoms with Gasteiger partial charge < -0.3 is 15.5 Å². The van der Waals surface area contributed by atoms with E-state index >= 15 is 0 Å². The fraction of sp³-hybridized carbons (Fsp3) is 0.429. The normalized spacial score (nSPS) is 24.5. The van der Waals surface area contributed by atoms with Gasteiger partial charge in [0.15, 0.2) is 0 Å². The van der Waals surface area contributed by atoms with Crippen LogP contribution >= 0.6 is 0 Å². The van der Waals surface area contributed by atoms with Crippen LogP contribution in [0, 0.1) is 17.6 Å². The molecule has 2 aromatic rings. The number of nitrogens with one attached hydrogen (secondary N) is 2. The lowest BCUT2D eigenvalue weighted by Crippen LogP contribution is -2.49. The number of carbonyl (C=O) groups excluding carboxylic acids is 2. The highest BCUT2D eigenvalue weighted by atomic mass is 19.1. The average Bonchev–Trinajstić information content (AvgIpc) is 3.15. The zero-order chi connectivity index (χ0) is 24.5. The zero-order valence-corrected chi connectivity index (χ0v) is 19.8. The molecule has 184 valence electrons. The molecule has 2 fully saturated rings. The molecule has 2 N–H and O–H groups in total. The molecule has 0 radical (unpaired) electrons. The van der Waals surface area contributed by atoms with Gasteiger partial charge in [0, 0.05) is 36.0 Å². The molecule has 1 saturated heterocycles. The molecule has 35 heavy (non-hydrogen) atoms. The van der Waals surface area contributed by atoms with E-state index in [9.17, 15) is 18.4 Å². The molecule has 0 spiro atoms.